The van der Waals surface area contributed by atoms with Crippen LogP contribution in [0.4, 0.5) is 0 Å². The average Bonchev–Trinajstić information content (AvgIpc) is 3.22. The van der Waals surface area contributed by atoms with E-state index in [-0.39, 0.29) is 24.0 Å². The number of halogens is 1. The first kappa shape index (κ1) is 26.1. The van der Waals surface area contributed by atoms with E-state index in [0.717, 1.165) is 71.4 Å². The summed E-state index contributed by atoms with van der Waals surface area (Å²) in [5.41, 5.74) is 2.57. The van der Waals surface area contributed by atoms with Crippen molar-refractivity contribution < 1.29 is 9.47 Å². The van der Waals surface area contributed by atoms with Gasteiger partial charge >= 0.3 is 0 Å². The standard InChI is InChI=1S/C22H38N4O2.HI/c1-4-23-22(24-11-7-12-27-17-21-10-13-28-18-21)25-15-19-8-6-9-20(14-19)16-26(3)5-2;/h6,8-9,14,21H,4-5,7,10-13,15-18H2,1-3H3,(H2,23,24,25);1H. The molecule has 1 fully saturated rings. The molecule has 29 heavy (non-hydrogen) atoms. The molecule has 0 spiro atoms. The van der Waals surface area contributed by atoms with Crippen LogP contribution in [0.3, 0.4) is 0 Å². The van der Waals surface area contributed by atoms with Gasteiger partial charge in [0.25, 0.3) is 0 Å². The Morgan fingerprint density at radius 1 is 1.28 bits per heavy atom. The third kappa shape index (κ3) is 11.2. The van der Waals surface area contributed by atoms with Gasteiger partial charge in [-0.25, -0.2) is 4.99 Å². The van der Waals surface area contributed by atoms with Gasteiger partial charge in [0.15, 0.2) is 5.96 Å². The lowest BCUT2D eigenvalue weighted by atomic mass is 10.1. The highest BCUT2D eigenvalue weighted by atomic mass is 127. The van der Waals surface area contributed by atoms with E-state index in [1.807, 2.05) is 0 Å². The molecule has 166 valence electrons. The molecule has 0 radical (unpaired) electrons. The fourth-order valence-electron chi connectivity index (χ4n) is 3.11. The summed E-state index contributed by atoms with van der Waals surface area (Å²) in [6.07, 6.45) is 2.10. The van der Waals surface area contributed by atoms with Gasteiger partial charge in [0.1, 0.15) is 0 Å². The molecule has 2 rings (SSSR count). The molecule has 2 N–H and O–H groups in total. The minimum absolute atomic E-state index is 0. The van der Waals surface area contributed by atoms with Crippen LogP contribution in [0.2, 0.25) is 0 Å². The summed E-state index contributed by atoms with van der Waals surface area (Å²) in [6.45, 7) is 12.0. The minimum Gasteiger partial charge on any atom is -0.381 e. The molecular formula is C22H39IN4O2. The molecule has 0 amide bonds. The van der Waals surface area contributed by atoms with E-state index in [1.54, 1.807) is 0 Å². The summed E-state index contributed by atoms with van der Waals surface area (Å²) in [7, 11) is 2.14. The van der Waals surface area contributed by atoms with E-state index in [9.17, 15) is 0 Å². The lowest BCUT2D eigenvalue weighted by Gasteiger charge is -2.14. The Labute approximate surface area is 193 Å². The molecule has 0 aromatic heterocycles. The van der Waals surface area contributed by atoms with Gasteiger partial charge in [0.2, 0.25) is 0 Å². The van der Waals surface area contributed by atoms with Crippen molar-refractivity contribution >= 4 is 29.9 Å². The van der Waals surface area contributed by atoms with Gasteiger partial charge in [-0.15, -0.1) is 24.0 Å². The van der Waals surface area contributed by atoms with Crippen LogP contribution in [0.1, 0.15) is 37.8 Å². The Balaban J connectivity index is 0.00000420. The lowest BCUT2D eigenvalue weighted by Crippen LogP contribution is -2.38. The topological polar surface area (TPSA) is 58.1 Å². The number of nitrogens with one attached hydrogen (secondary N) is 2. The maximum atomic E-state index is 5.76. The number of benzene rings is 1. The quantitative estimate of drug-likeness (QED) is 0.193. The van der Waals surface area contributed by atoms with E-state index in [2.05, 4.69) is 60.7 Å². The van der Waals surface area contributed by atoms with Crippen LogP contribution >= 0.6 is 24.0 Å². The van der Waals surface area contributed by atoms with Crippen molar-refractivity contribution in [1.29, 1.82) is 0 Å². The number of hydrogen-bond donors (Lipinski definition) is 2. The Hall–Kier alpha value is -0.900. The fraction of sp³-hybridized carbons (Fsp3) is 0.682. The van der Waals surface area contributed by atoms with Gasteiger partial charge in [0.05, 0.1) is 19.8 Å². The molecule has 1 heterocycles. The van der Waals surface area contributed by atoms with Crippen LogP contribution in [0.5, 0.6) is 0 Å². The minimum atomic E-state index is 0. The normalized spacial score (nSPS) is 16.7. The summed E-state index contributed by atoms with van der Waals surface area (Å²) in [5, 5.41) is 6.72. The van der Waals surface area contributed by atoms with Crippen LogP contribution in [-0.2, 0) is 22.6 Å². The van der Waals surface area contributed by atoms with Gasteiger partial charge < -0.3 is 25.0 Å². The molecular weight excluding hydrogens is 479 g/mol. The molecule has 1 aliphatic rings. The highest BCUT2D eigenvalue weighted by Crippen LogP contribution is 2.12. The van der Waals surface area contributed by atoms with Gasteiger partial charge in [-0.2, -0.15) is 0 Å². The summed E-state index contributed by atoms with van der Waals surface area (Å²) in [6, 6.07) is 8.69. The van der Waals surface area contributed by atoms with Crippen LogP contribution in [0.25, 0.3) is 0 Å². The second-order valence-corrected chi connectivity index (χ2v) is 7.43. The SMILES string of the molecule is CCNC(=NCc1cccc(CN(C)CC)c1)NCCCOCC1CCOC1.I. The first-order valence-electron chi connectivity index (χ1n) is 10.6. The lowest BCUT2D eigenvalue weighted by molar-refractivity contribution is 0.0888. The number of ether oxygens (including phenoxy) is 2. The molecule has 6 nitrogen and oxygen atoms in total. The monoisotopic (exact) mass is 518 g/mol. The molecule has 1 saturated heterocycles. The second-order valence-electron chi connectivity index (χ2n) is 7.43. The van der Waals surface area contributed by atoms with Crippen molar-refractivity contribution in [2.45, 2.75) is 39.8 Å². The zero-order chi connectivity index (χ0) is 20.0. The van der Waals surface area contributed by atoms with E-state index in [1.165, 1.54) is 11.1 Å². The maximum absolute atomic E-state index is 5.76. The molecule has 7 heteroatoms. The summed E-state index contributed by atoms with van der Waals surface area (Å²) in [5.74, 6) is 1.45. The predicted octanol–water partition coefficient (Wildman–Crippen LogP) is 3.25. The average molecular weight is 518 g/mol. The first-order valence-corrected chi connectivity index (χ1v) is 10.6. The number of rotatable bonds is 12. The molecule has 1 atom stereocenters. The summed E-state index contributed by atoms with van der Waals surface area (Å²) >= 11 is 0. The third-order valence-electron chi connectivity index (χ3n) is 4.88. The van der Waals surface area contributed by atoms with Crippen molar-refractivity contribution in [1.82, 2.24) is 15.5 Å². The molecule has 1 unspecified atom stereocenters. The Morgan fingerprint density at radius 3 is 2.83 bits per heavy atom. The van der Waals surface area contributed by atoms with Gasteiger partial charge in [0, 0.05) is 38.8 Å². The van der Waals surface area contributed by atoms with Gasteiger partial charge in [-0.05, 0) is 44.5 Å². The zero-order valence-corrected chi connectivity index (χ0v) is 20.6. The first-order chi connectivity index (χ1) is 13.7. The van der Waals surface area contributed by atoms with Crippen molar-refractivity contribution in [2.75, 3.05) is 53.1 Å². The van der Waals surface area contributed by atoms with Crippen LogP contribution < -0.4 is 10.6 Å². The summed E-state index contributed by atoms with van der Waals surface area (Å²) in [4.78, 5) is 7.03. The Kier molecular flexibility index (Phi) is 14.3. The zero-order valence-electron chi connectivity index (χ0n) is 18.3. The van der Waals surface area contributed by atoms with Gasteiger partial charge in [-0.3, -0.25) is 0 Å². The summed E-state index contributed by atoms with van der Waals surface area (Å²) < 4.78 is 11.1. The number of hydrogen-bond acceptors (Lipinski definition) is 4. The smallest absolute Gasteiger partial charge is 0.191 e. The molecule has 0 aliphatic carbocycles. The maximum Gasteiger partial charge on any atom is 0.191 e. The number of nitrogens with zero attached hydrogens (tertiary/aromatic N) is 2. The van der Waals surface area contributed by atoms with E-state index < -0.39 is 0 Å². The molecule has 0 saturated carbocycles. The van der Waals surface area contributed by atoms with Crippen LogP contribution in [-0.4, -0.2) is 64.0 Å². The van der Waals surface area contributed by atoms with Crippen LogP contribution in [0.15, 0.2) is 29.3 Å². The fourth-order valence-corrected chi connectivity index (χ4v) is 3.11. The molecule has 1 aromatic carbocycles. The largest absolute Gasteiger partial charge is 0.381 e. The van der Waals surface area contributed by atoms with Crippen molar-refractivity contribution in [3.05, 3.63) is 35.4 Å². The Bertz CT molecular complexity index is 580. The van der Waals surface area contributed by atoms with E-state index >= 15 is 0 Å². The van der Waals surface area contributed by atoms with Crippen molar-refractivity contribution in [3.63, 3.8) is 0 Å². The van der Waals surface area contributed by atoms with E-state index in [0.29, 0.717) is 12.5 Å². The third-order valence-corrected chi connectivity index (χ3v) is 4.88. The second kappa shape index (κ2) is 15.9. The highest BCUT2D eigenvalue weighted by Gasteiger charge is 2.15. The molecule has 1 aliphatic heterocycles. The van der Waals surface area contributed by atoms with Crippen molar-refractivity contribution in [3.8, 4) is 0 Å². The molecule has 0 bridgehead atoms. The number of guanidine groups is 1. The Morgan fingerprint density at radius 2 is 2.10 bits per heavy atom. The van der Waals surface area contributed by atoms with Gasteiger partial charge in [-0.1, -0.05) is 31.2 Å². The van der Waals surface area contributed by atoms with E-state index in [4.69, 9.17) is 14.5 Å². The molecule has 1 aromatic rings. The van der Waals surface area contributed by atoms with Crippen LogP contribution in [0, 0.1) is 5.92 Å². The van der Waals surface area contributed by atoms with Crippen molar-refractivity contribution in [2.24, 2.45) is 10.9 Å². The highest BCUT2D eigenvalue weighted by molar-refractivity contribution is 14.0. The predicted molar refractivity (Wildman–Crippen MR) is 131 cm³/mol. The number of aliphatic imine (C=N–C) groups is 1.